The van der Waals surface area contributed by atoms with Gasteiger partial charge in [0, 0.05) is 10.8 Å². The van der Waals surface area contributed by atoms with Gasteiger partial charge in [0.05, 0.1) is 26.1 Å². The Kier molecular flexibility index (Phi) is 3.45. The molecule has 4 nitrogen and oxygen atoms in total. The van der Waals surface area contributed by atoms with Crippen LogP contribution in [-0.2, 0) is 19.1 Å². The van der Waals surface area contributed by atoms with E-state index in [0.717, 1.165) is 19.3 Å². The van der Waals surface area contributed by atoms with Crippen LogP contribution < -0.4 is 0 Å². The van der Waals surface area contributed by atoms with Crippen LogP contribution in [0, 0.1) is 22.7 Å². The average Bonchev–Trinajstić information content (AvgIpc) is 2.97. The first-order chi connectivity index (χ1) is 9.00. The summed E-state index contributed by atoms with van der Waals surface area (Å²) in [5, 5.41) is 0. The van der Waals surface area contributed by atoms with Crippen molar-refractivity contribution in [3.63, 3.8) is 0 Å². The highest BCUT2D eigenvalue weighted by Gasteiger charge is 2.66. The number of hydrogen-bond donors (Lipinski definition) is 0. The number of esters is 2. The molecule has 4 atom stereocenters. The zero-order valence-corrected chi connectivity index (χ0v) is 12.1. The van der Waals surface area contributed by atoms with Gasteiger partial charge in [-0.1, -0.05) is 26.0 Å². The molecule has 0 spiro atoms. The molecule has 0 amide bonds. The Labute approximate surface area is 114 Å². The lowest BCUT2D eigenvalue weighted by Gasteiger charge is -2.35. The van der Waals surface area contributed by atoms with Gasteiger partial charge in [0.2, 0.25) is 0 Å². The third-order valence-corrected chi connectivity index (χ3v) is 5.20. The minimum atomic E-state index is -0.417. The number of rotatable bonds is 4. The minimum Gasteiger partial charge on any atom is -0.469 e. The van der Waals surface area contributed by atoms with Crippen LogP contribution in [-0.4, -0.2) is 26.2 Å². The highest BCUT2D eigenvalue weighted by Crippen LogP contribution is 2.66. The summed E-state index contributed by atoms with van der Waals surface area (Å²) in [5.74, 6) is -1.42. The molecular weight excluding hydrogens is 244 g/mol. The predicted octanol–water partition coefficient (Wildman–Crippen LogP) is 2.33. The summed E-state index contributed by atoms with van der Waals surface area (Å²) < 4.78 is 9.89. The van der Waals surface area contributed by atoms with E-state index in [1.807, 2.05) is 0 Å². The normalized spacial score (nSPS) is 39.4. The molecule has 2 aliphatic rings. The molecule has 1 fully saturated rings. The first kappa shape index (κ1) is 14.1. The number of hydrogen-bond acceptors (Lipinski definition) is 4. The standard InChI is InChI=1S/C15H22O4/c1-5-14-7-8-15(6-2,9-14)11(13(17)19-4)10(14)12(16)18-3/h7-8,10-11H,5-6,9H2,1-4H3. The molecule has 0 aliphatic heterocycles. The van der Waals surface area contributed by atoms with E-state index in [2.05, 4.69) is 26.0 Å². The fraction of sp³-hybridized carbons (Fsp3) is 0.733. The maximum Gasteiger partial charge on any atom is 0.310 e. The zero-order chi connectivity index (χ0) is 14.3. The predicted molar refractivity (Wildman–Crippen MR) is 70.2 cm³/mol. The number of fused-ring (bicyclic) bond motifs is 2. The number of methoxy groups -OCH3 is 2. The van der Waals surface area contributed by atoms with Crippen molar-refractivity contribution in [2.24, 2.45) is 22.7 Å². The largest absolute Gasteiger partial charge is 0.469 e. The fourth-order valence-corrected chi connectivity index (χ4v) is 4.07. The Hall–Kier alpha value is -1.32. The SMILES string of the molecule is CCC12C=CC(CC)(C1)C(C(=O)OC)C2C(=O)OC. The van der Waals surface area contributed by atoms with E-state index in [4.69, 9.17) is 9.47 Å². The number of allylic oxidation sites excluding steroid dienone is 2. The van der Waals surface area contributed by atoms with Crippen molar-refractivity contribution in [3.8, 4) is 0 Å². The first-order valence-corrected chi connectivity index (χ1v) is 6.86. The van der Waals surface area contributed by atoms with Gasteiger partial charge in [-0.05, 0) is 19.3 Å². The van der Waals surface area contributed by atoms with E-state index in [1.54, 1.807) is 0 Å². The number of carbonyl (C=O) groups is 2. The summed E-state index contributed by atoms with van der Waals surface area (Å²) in [5.41, 5.74) is -0.496. The smallest absolute Gasteiger partial charge is 0.310 e. The molecule has 106 valence electrons. The summed E-state index contributed by atoms with van der Waals surface area (Å²) in [6, 6.07) is 0. The molecular formula is C15H22O4. The molecule has 2 aliphatic carbocycles. The van der Waals surface area contributed by atoms with Crippen molar-refractivity contribution in [3.05, 3.63) is 12.2 Å². The van der Waals surface area contributed by atoms with Crippen molar-refractivity contribution in [1.29, 1.82) is 0 Å². The van der Waals surface area contributed by atoms with E-state index in [-0.39, 0.29) is 22.8 Å². The highest BCUT2D eigenvalue weighted by atomic mass is 16.5. The van der Waals surface area contributed by atoms with Gasteiger partial charge in [0.25, 0.3) is 0 Å². The van der Waals surface area contributed by atoms with Crippen LogP contribution in [0.5, 0.6) is 0 Å². The van der Waals surface area contributed by atoms with Crippen molar-refractivity contribution >= 4 is 11.9 Å². The van der Waals surface area contributed by atoms with Crippen molar-refractivity contribution in [2.75, 3.05) is 14.2 Å². The molecule has 0 aromatic heterocycles. The Morgan fingerprint density at radius 2 is 1.37 bits per heavy atom. The first-order valence-electron chi connectivity index (χ1n) is 6.86. The lowest BCUT2D eigenvalue weighted by atomic mass is 9.69. The van der Waals surface area contributed by atoms with Gasteiger partial charge in [-0.25, -0.2) is 0 Å². The van der Waals surface area contributed by atoms with Crippen molar-refractivity contribution in [1.82, 2.24) is 0 Å². The summed E-state index contributed by atoms with van der Waals surface area (Å²) >= 11 is 0. The van der Waals surface area contributed by atoms with E-state index in [1.165, 1.54) is 14.2 Å². The second-order valence-electron chi connectivity index (χ2n) is 5.69. The van der Waals surface area contributed by atoms with Gasteiger partial charge < -0.3 is 9.47 Å². The fourth-order valence-electron chi connectivity index (χ4n) is 4.07. The average molecular weight is 266 g/mol. The summed E-state index contributed by atoms with van der Waals surface area (Å²) in [4.78, 5) is 24.4. The lowest BCUT2D eigenvalue weighted by molar-refractivity contribution is -0.161. The van der Waals surface area contributed by atoms with E-state index < -0.39 is 11.8 Å². The van der Waals surface area contributed by atoms with Gasteiger partial charge in [-0.2, -0.15) is 0 Å². The molecule has 4 heteroatoms. The summed E-state index contributed by atoms with van der Waals surface area (Å²) in [7, 11) is 2.77. The Balaban J connectivity index is 2.51. The molecule has 0 radical (unpaired) electrons. The number of ether oxygens (including phenoxy) is 2. The Morgan fingerprint density at radius 3 is 1.63 bits per heavy atom. The zero-order valence-electron chi connectivity index (χ0n) is 12.1. The molecule has 0 heterocycles. The van der Waals surface area contributed by atoms with Crippen LogP contribution in [0.1, 0.15) is 33.1 Å². The molecule has 0 aromatic carbocycles. The van der Waals surface area contributed by atoms with Gasteiger partial charge in [-0.15, -0.1) is 0 Å². The molecule has 0 saturated heterocycles. The van der Waals surface area contributed by atoms with Gasteiger partial charge >= 0.3 is 11.9 Å². The third kappa shape index (κ3) is 1.72. The van der Waals surface area contributed by atoms with Gasteiger partial charge in [0.1, 0.15) is 0 Å². The quantitative estimate of drug-likeness (QED) is 0.579. The minimum absolute atomic E-state index is 0.248. The lowest BCUT2D eigenvalue weighted by Crippen LogP contribution is -2.42. The number of carbonyl (C=O) groups excluding carboxylic acids is 2. The van der Waals surface area contributed by atoms with Crippen LogP contribution in [0.2, 0.25) is 0 Å². The second-order valence-corrected chi connectivity index (χ2v) is 5.69. The van der Waals surface area contributed by atoms with Gasteiger partial charge in [-0.3, -0.25) is 9.59 Å². The summed E-state index contributed by atoms with van der Waals surface area (Å²) in [6.45, 7) is 4.12. The van der Waals surface area contributed by atoms with E-state index in [0.29, 0.717) is 0 Å². The van der Waals surface area contributed by atoms with Crippen LogP contribution in [0.4, 0.5) is 0 Å². The summed E-state index contributed by atoms with van der Waals surface area (Å²) in [6.07, 6.45) is 6.75. The van der Waals surface area contributed by atoms with Gasteiger partial charge in [0.15, 0.2) is 0 Å². The molecule has 19 heavy (non-hydrogen) atoms. The maximum atomic E-state index is 12.2. The molecule has 4 unspecified atom stereocenters. The van der Waals surface area contributed by atoms with Crippen LogP contribution in [0.25, 0.3) is 0 Å². The molecule has 0 N–H and O–H groups in total. The van der Waals surface area contributed by atoms with Crippen LogP contribution in [0.3, 0.4) is 0 Å². The second kappa shape index (κ2) is 4.66. The maximum absolute atomic E-state index is 12.2. The topological polar surface area (TPSA) is 52.6 Å². The highest BCUT2D eigenvalue weighted by molar-refractivity contribution is 5.86. The van der Waals surface area contributed by atoms with Crippen LogP contribution >= 0.6 is 0 Å². The Bertz CT molecular complexity index is 390. The molecule has 2 rings (SSSR count). The van der Waals surface area contributed by atoms with Crippen molar-refractivity contribution in [2.45, 2.75) is 33.1 Å². The monoisotopic (exact) mass is 266 g/mol. The molecule has 0 aromatic rings. The molecule has 1 saturated carbocycles. The third-order valence-electron chi connectivity index (χ3n) is 5.20. The van der Waals surface area contributed by atoms with Crippen molar-refractivity contribution < 1.29 is 19.1 Å². The molecule has 2 bridgehead atoms. The van der Waals surface area contributed by atoms with Crippen LogP contribution in [0.15, 0.2) is 12.2 Å². The van der Waals surface area contributed by atoms with E-state index in [9.17, 15) is 9.59 Å². The van der Waals surface area contributed by atoms with E-state index >= 15 is 0 Å². The Morgan fingerprint density at radius 1 is 1.00 bits per heavy atom.